The van der Waals surface area contributed by atoms with E-state index < -0.39 is 5.82 Å². The Hall–Kier alpha value is -2.22. The lowest BCUT2D eigenvalue weighted by molar-refractivity contribution is -0.121. The zero-order valence-corrected chi connectivity index (χ0v) is 15.2. The molecule has 0 radical (unpaired) electrons. The van der Waals surface area contributed by atoms with Crippen molar-refractivity contribution in [3.05, 3.63) is 28.6 Å². The van der Waals surface area contributed by atoms with E-state index in [9.17, 15) is 9.18 Å². The van der Waals surface area contributed by atoms with Gasteiger partial charge >= 0.3 is 0 Å². The SMILES string of the molecule is CCN1C(=O)COc2cc(F)c(/N=c3\snc4n3CC(C)(C)C4)cc21. The van der Waals surface area contributed by atoms with Crippen molar-refractivity contribution < 1.29 is 13.9 Å². The third-order valence-corrected chi connectivity index (χ3v) is 5.28. The third-order valence-electron chi connectivity index (χ3n) is 4.50. The first-order chi connectivity index (χ1) is 11.9. The number of hydrogen-bond donors (Lipinski definition) is 0. The van der Waals surface area contributed by atoms with Gasteiger partial charge in [-0.05, 0) is 18.4 Å². The van der Waals surface area contributed by atoms with Crippen LogP contribution in [0.5, 0.6) is 5.75 Å². The van der Waals surface area contributed by atoms with Gasteiger partial charge in [0, 0.05) is 37.1 Å². The predicted molar refractivity (Wildman–Crippen MR) is 92.7 cm³/mol. The normalized spacial score (nSPS) is 19.0. The fourth-order valence-corrected chi connectivity index (χ4v) is 4.09. The highest BCUT2D eigenvalue weighted by Gasteiger charge is 2.31. The first-order valence-electron chi connectivity index (χ1n) is 8.25. The summed E-state index contributed by atoms with van der Waals surface area (Å²) >= 11 is 1.27. The van der Waals surface area contributed by atoms with Crippen molar-refractivity contribution in [2.75, 3.05) is 18.1 Å². The number of fused-ring (bicyclic) bond motifs is 2. The van der Waals surface area contributed by atoms with Crippen LogP contribution in [-0.4, -0.2) is 28.0 Å². The minimum atomic E-state index is -0.468. The number of likely N-dealkylation sites (N-methyl/N-ethyl adjacent to an activating group) is 1. The molecule has 0 bridgehead atoms. The number of ether oxygens (including phenoxy) is 1. The van der Waals surface area contributed by atoms with Crippen LogP contribution in [0.25, 0.3) is 0 Å². The maximum atomic E-state index is 14.5. The first kappa shape index (κ1) is 16.3. The van der Waals surface area contributed by atoms with E-state index in [0.717, 1.165) is 18.8 Å². The second-order valence-electron chi connectivity index (χ2n) is 7.12. The molecule has 0 saturated heterocycles. The molecule has 1 aromatic carbocycles. The Kier molecular flexibility index (Phi) is 3.68. The lowest BCUT2D eigenvalue weighted by Crippen LogP contribution is -2.38. The molecule has 0 aliphatic carbocycles. The van der Waals surface area contributed by atoms with Crippen LogP contribution >= 0.6 is 11.5 Å². The van der Waals surface area contributed by atoms with Crippen molar-refractivity contribution in [3.8, 4) is 5.75 Å². The van der Waals surface area contributed by atoms with Crippen molar-refractivity contribution in [1.29, 1.82) is 0 Å². The molecular weight excluding hydrogens is 343 g/mol. The molecule has 0 saturated carbocycles. The van der Waals surface area contributed by atoms with E-state index in [-0.39, 0.29) is 23.6 Å². The molecule has 2 aromatic rings. The summed E-state index contributed by atoms with van der Waals surface area (Å²) in [4.78, 5) is 18.7. The topological polar surface area (TPSA) is 59.7 Å². The second kappa shape index (κ2) is 5.66. The summed E-state index contributed by atoms with van der Waals surface area (Å²) in [6.45, 7) is 7.48. The van der Waals surface area contributed by atoms with Gasteiger partial charge < -0.3 is 14.2 Å². The fraction of sp³-hybridized carbons (Fsp3) is 0.471. The van der Waals surface area contributed by atoms with Crippen LogP contribution in [0.2, 0.25) is 0 Å². The number of hydrogen-bond acceptors (Lipinski definition) is 5. The standard InChI is InChI=1S/C17H19FN4O2S/c1-4-21-12-6-11(10(18)5-13(12)24-8-15(21)23)19-16-22-9-17(2,3)7-14(22)20-25-16/h5-6H,4,7-9H2,1-3H3/b19-16-. The molecule has 2 aliphatic heterocycles. The Morgan fingerprint density at radius 1 is 1.44 bits per heavy atom. The van der Waals surface area contributed by atoms with Gasteiger partial charge in [-0.25, -0.2) is 9.38 Å². The van der Waals surface area contributed by atoms with Crippen LogP contribution in [0.4, 0.5) is 15.8 Å². The van der Waals surface area contributed by atoms with E-state index in [4.69, 9.17) is 4.74 Å². The molecule has 8 heteroatoms. The summed E-state index contributed by atoms with van der Waals surface area (Å²) in [6.07, 6.45) is 0.887. The molecule has 132 valence electrons. The van der Waals surface area contributed by atoms with Crippen molar-refractivity contribution in [1.82, 2.24) is 8.94 Å². The van der Waals surface area contributed by atoms with E-state index in [0.29, 0.717) is 22.8 Å². The zero-order valence-electron chi connectivity index (χ0n) is 14.4. The predicted octanol–water partition coefficient (Wildman–Crippen LogP) is 2.64. The number of aromatic nitrogens is 2. The summed E-state index contributed by atoms with van der Waals surface area (Å²) in [5.41, 5.74) is 0.887. The van der Waals surface area contributed by atoms with Crippen molar-refractivity contribution in [2.45, 2.75) is 33.7 Å². The summed E-state index contributed by atoms with van der Waals surface area (Å²) in [7, 11) is 0. The Morgan fingerprint density at radius 3 is 3.00 bits per heavy atom. The van der Waals surface area contributed by atoms with Crippen LogP contribution in [0.3, 0.4) is 0 Å². The molecule has 0 N–H and O–H groups in total. The van der Waals surface area contributed by atoms with E-state index in [1.54, 1.807) is 11.0 Å². The number of carbonyl (C=O) groups excluding carboxylic acids is 1. The zero-order chi connectivity index (χ0) is 17.8. The second-order valence-corrected chi connectivity index (χ2v) is 7.85. The van der Waals surface area contributed by atoms with Gasteiger partial charge in [0.1, 0.15) is 17.3 Å². The van der Waals surface area contributed by atoms with Crippen LogP contribution in [0.15, 0.2) is 17.1 Å². The van der Waals surface area contributed by atoms with Crippen LogP contribution in [0, 0.1) is 11.2 Å². The van der Waals surface area contributed by atoms with Crippen LogP contribution in [-0.2, 0) is 17.8 Å². The van der Waals surface area contributed by atoms with E-state index in [1.165, 1.54) is 17.6 Å². The van der Waals surface area contributed by atoms with E-state index in [2.05, 4.69) is 23.2 Å². The van der Waals surface area contributed by atoms with Gasteiger partial charge in [-0.15, -0.1) is 0 Å². The van der Waals surface area contributed by atoms with E-state index >= 15 is 0 Å². The molecule has 0 unspecified atom stereocenters. The van der Waals surface area contributed by atoms with Gasteiger partial charge in [-0.3, -0.25) is 4.79 Å². The lowest BCUT2D eigenvalue weighted by atomic mass is 9.92. The molecule has 3 heterocycles. The number of amides is 1. The smallest absolute Gasteiger partial charge is 0.265 e. The number of benzene rings is 1. The monoisotopic (exact) mass is 362 g/mol. The highest BCUT2D eigenvalue weighted by molar-refractivity contribution is 7.02. The largest absolute Gasteiger partial charge is 0.481 e. The minimum absolute atomic E-state index is 0.0654. The van der Waals surface area contributed by atoms with Crippen molar-refractivity contribution >= 4 is 28.8 Å². The molecule has 1 aromatic heterocycles. The Morgan fingerprint density at radius 2 is 2.24 bits per heavy atom. The van der Waals surface area contributed by atoms with Gasteiger partial charge in [-0.2, -0.15) is 4.37 Å². The maximum absolute atomic E-state index is 14.5. The highest BCUT2D eigenvalue weighted by Crippen LogP contribution is 2.37. The van der Waals surface area contributed by atoms with Gasteiger partial charge in [0.05, 0.1) is 5.69 Å². The molecule has 1 amide bonds. The average Bonchev–Trinajstić information content (AvgIpc) is 3.04. The highest BCUT2D eigenvalue weighted by atomic mass is 32.1. The summed E-state index contributed by atoms with van der Waals surface area (Å²) in [5.74, 6) is 0.758. The number of halogens is 1. The fourth-order valence-electron chi connectivity index (χ4n) is 3.33. The van der Waals surface area contributed by atoms with Crippen LogP contribution < -0.4 is 14.4 Å². The summed E-state index contributed by atoms with van der Waals surface area (Å²) in [6, 6.07) is 2.89. The molecule has 0 atom stereocenters. The molecule has 25 heavy (non-hydrogen) atoms. The number of anilines is 1. The maximum Gasteiger partial charge on any atom is 0.265 e. The van der Waals surface area contributed by atoms with Crippen molar-refractivity contribution in [2.24, 2.45) is 10.4 Å². The third kappa shape index (κ3) is 2.74. The van der Waals surface area contributed by atoms with E-state index in [1.807, 2.05) is 11.5 Å². The molecule has 4 rings (SSSR count). The van der Waals surface area contributed by atoms with Gasteiger partial charge in [0.25, 0.3) is 5.91 Å². The van der Waals surface area contributed by atoms with Gasteiger partial charge in [0.15, 0.2) is 12.4 Å². The summed E-state index contributed by atoms with van der Waals surface area (Å²) < 4.78 is 26.3. The van der Waals surface area contributed by atoms with Crippen LogP contribution in [0.1, 0.15) is 26.6 Å². The molecule has 6 nitrogen and oxygen atoms in total. The summed E-state index contributed by atoms with van der Waals surface area (Å²) in [5, 5.41) is 0. The molecule has 0 fully saturated rings. The minimum Gasteiger partial charge on any atom is -0.481 e. The molecule has 2 aliphatic rings. The molecular formula is C17H19FN4O2S. The van der Waals surface area contributed by atoms with Gasteiger partial charge in [-0.1, -0.05) is 13.8 Å². The Bertz CT molecular complexity index is 931. The molecule has 0 spiro atoms. The Labute approximate surface area is 148 Å². The van der Waals surface area contributed by atoms with Crippen molar-refractivity contribution in [3.63, 3.8) is 0 Å². The van der Waals surface area contributed by atoms with Gasteiger partial charge in [0.2, 0.25) is 4.80 Å². The number of nitrogens with zero attached hydrogens (tertiary/aromatic N) is 4. The first-order valence-corrected chi connectivity index (χ1v) is 9.02. The average molecular weight is 362 g/mol. The number of carbonyl (C=O) groups is 1. The Balaban J connectivity index is 1.81. The number of rotatable bonds is 2. The quantitative estimate of drug-likeness (QED) is 0.825. The lowest BCUT2D eigenvalue weighted by Gasteiger charge is -2.28.